The van der Waals surface area contributed by atoms with Crippen molar-refractivity contribution < 1.29 is 9.59 Å². The van der Waals surface area contributed by atoms with E-state index in [2.05, 4.69) is 10.2 Å². The molecule has 8 heteroatoms. The van der Waals surface area contributed by atoms with Gasteiger partial charge in [-0.3, -0.25) is 24.2 Å². The molecule has 1 fully saturated rings. The highest BCUT2D eigenvalue weighted by Gasteiger charge is 2.39. The summed E-state index contributed by atoms with van der Waals surface area (Å²) in [5.74, 6) is 0.150. The minimum atomic E-state index is -0.596. The third-order valence-corrected chi connectivity index (χ3v) is 4.27. The van der Waals surface area contributed by atoms with Crippen LogP contribution in [0.25, 0.3) is 10.7 Å². The molecule has 1 aliphatic rings. The first-order valence-corrected chi connectivity index (χ1v) is 6.89. The van der Waals surface area contributed by atoms with E-state index in [0.29, 0.717) is 10.6 Å². The predicted octanol–water partition coefficient (Wildman–Crippen LogP) is 1.60. The maximum absolute atomic E-state index is 12.1. The summed E-state index contributed by atoms with van der Waals surface area (Å²) in [6, 6.07) is 3.20. The molecule has 0 aromatic carbocycles. The van der Waals surface area contributed by atoms with Gasteiger partial charge < -0.3 is 0 Å². The highest BCUT2D eigenvalue weighted by atomic mass is 32.1. The van der Waals surface area contributed by atoms with E-state index in [0.717, 1.165) is 9.78 Å². The number of carbonyl (C=O) groups is 2. The van der Waals surface area contributed by atoms with E-state index in [9.17, 15) is 9.59 Å². The maximum Gasteiger partial charge on any atom is 0.252 e. The lowest BCUT2D eigenvalue weighted by Gasteiger charge is -2.11. The number of carbonyl (C=O) groups excluding carboxylic acids is 2. The van der Waals surface area contributed by atoms with Crippen LogP contribution in [0.15, 0.2) is 17.5 Å². The number of likely N-dealkylation sites (tertiary alicyclic amines) is 1. The zero-order chi connectivity index (χ0) is 13.6. The number of amides is 2. The predicted molar refractivity (Wildman–Crippen MR) is 72.2 cm³/mol. The van der Waals surface area contributed by atoms with Crippen LogP contribution >= 0.6 is 23.6 Å². The lowest BCUT2D eigenvalue weighted by atomic mass is 10.2. The number of hydrogen-bond acceptors (Lipinski definition) is 5. The number of aromatic nitrogens is 3. The highest BCUT2D eigenvalue weighted by molar-refractivity contribution is 7.71. The Kier molecular flexibility index (Phi) is 2.83. The summed E-state index contributed by atoms with van der Waals surface area (Å²) in [7, 11) is 1.49. The maximum atomic E-state index is 12.1. The lowest BCUT2D eigenvalue weighted by molar-refractivity contribution is -0.137. The number of nitrogens with one attached hydrogen (secondary N) is 1. The Labute approximate surface area is 117 Å². The fraction of sp³-hybridized carbons (Fsp3) is 0.273. The van der Waals surface area contributed by atoms with E-state index in [4.69, 9.17) is 12.2 Å². The van der Waals surface area contributed by atoms with E-state index in [1.807, 2.05) is 17.5 Å². The van der Waals surface area contributed by atoms with Crippen LogP contribution in [0, 0.1) is 4.77 Å². The number of H-pyrrole nitrogens is 1. The van der Waals surface area contributed by atoms with Crippen LogP contribution in [0.5, 0.6) is 0 Å². The van der Waals surface area contributed by atoms with Gasteiger partial charge in [-0.05, 0) is 23.7 Å². The van der Waals surface area contributed by atoms with Gasteiger partial charge in [-0.1, -0.05) is 6.07 Å². The summed E-state index contributed by atoms with van der Waals surface area (Å²) in [4.78, 5) is 25.8. The SMILES string of the molecule is CN1C(=O)CC(n2c(-c3cccs3)n[nH]c2=S)C1=O. The van der Waals surface area contributed by atoms with E-state index in [-0.39, 0.29) is 18.2 Å². The van der Waals surface area contributed by atoms with Crippen LogP contribution in [0.4, 0.5) is 0 Å². The molecule has 0 saturated carbocycles. The summed E-state index contributed by atoms with van der Waals surface area (Å²) in [6.45, 7) is 0. The highest BCUT2D eigenvalue weighted by Crippen LogP contribution is 2.30. The van der Waals surface area contributed by atoms with Crippen molar-refractivity contribution in [2.45, 2.75) is 12.5 Å². The van der Waals surface area contributed by atoms with E-state index < -0.39 is 6.04 Å². The van der Waals surface area contributed by atoms with Crippen molar-refractivity contribution in [2.75, 3.05) is 7.05 Å². The Morgan fingerprint density at radius 1 is 1.53 bits per heavy atom. The Morgan fingerprint density at radius 3 is 2.89 bits per heavy atom. The van der Waals surface area contributed by atoms with Gasteiger partial charge >= 0.3 is 0 Å². The van der Waals surface area contributed by atoms with Crippen LogP contribution in [0.2, 0.25) is 0 Å². The fourth-order valence-electron chi connectivity index (χ4n) is 2.11. The molecule has 1 unspecified atom stereocenters. The topological polar surface area (TPSA) is 71.0 Å². The molecule has 98 valence electrons. The second-order valence-electron chi connectivity index (χ2n) is 4.21. The van der Waals surface area contributed by atoms with Crippen molar-refractivity contribution in [3.63, 3.8) is 0 Å². The summed E-state index contributed by atoms with van der Waals surface area (Å²) < 4.78 is 1.98. The van der Waals surface area contributed by atoms with Crippen molar-refractivity contribution >= 4 is 35.4 Å². The van der Waals surface area contributed by atoms with Crippen molar-refractivity contribution in [1.29, 1.82) is 0 Å². The average molecular weight is 294 g/mol. The molecule has 1 N–H and O–H groups in total. The molecule has 0 aliphatic carbocycles. The molecule has 0 spiro atoms. The van der Waals surface area contributed by atoms with Crippen molar-refractivity contribution in [3.8, 4) is 10.7 Å². The minimum absolute atomic E-state index is 0.127. The molecule has 2 amide bonds. The molecule has 19 heavy (non-hydrogen) atoms. The largest absolute Gasteiger partial charge is 0.286 e. The van der Waals surface area contributed by atoms with Crippen LogP contribution in [0.3, 0.4) is 0 Å². The first-order chi connectivity index (χ1) is 9.09. The lowest BCUT2D eigenvalue weighted by Crippen LogP contribution is -2.27. The second-order valence-corrected chi connectivity index (χ2v) is 5.54. The van der Waals surface area contributed by atoms with Crippen LogP contribution in [-0.2, 0) is 9.59 Å². The second kappa shape index (κ2) is 4.39. The Hall–Kier alpha value is -1.80. The number of likely N-dealkylation sites (N-methyl/N-ethyl adjacent to an activating group) is 1. The number of rotatable bonds is 2. The standard InChI is InChI=1S/C11H10N4O2S2/c1-14-8(16)5-6(10(14)17)15-9(12-13-11(15)18)7-3-2-4-19-7/h2-4,6H,5H2,1H3,(H,13,18). The van der Waals surface area contributed by atoms with Gasteiger partial charge in [0, 0.05) is 7.05 Å². The van der Waals surface area contributed by atoms with Gasteiger partial charge in [0.2, 0.25) is 5.91 Å². The van der Waals surface area contributed by atoms with Gasteiger partial charge in [-0.15, -0.1) is 11.3 Å². The van der Waals surface area contributed by atoms with Gasteiger partial charge in [-0.2, -0.15) is 5.10 Å². The quantitative estimate of drug-likeness (QED) is 0.674. The molecule has 6 nitrogen and oxygen atoms in total. The molecule has 1 aliphatic heterocycles. The monoisotopic (exact) mass is 294 g/mol. The van der Waals surface area contributed by atoms with Gasteiger partial charge in [0.05, 0.1) is 11.3 Å². The van der Waals surface area contributed by atoms with Crippen molar-refractivity contribution in [3.05, 3.63) is 22.3 Å². The third kappa shape index (κ3) is 1.83. The van der Waals surface area contributed by atoms with Gasteiger partial charge in [0.15, 0.2) is 10.6 Å². The number of imide groups is 1. The number of thiophene rings is 1. The van der Waals surface area contributed by atoms with E-state index >= 15 is 0 Å². The minimum Gasteiger partial charge on any atom is -0.286 e. The number of aromatic amines is 1. The molecule has 3 heterocycles. The van der Waals surface area contributed by atoms with Gasteiger partial charge in [0.1, 0.15) is 6.04 Å². The first kappa shape index (κ1) is 12.2. The van der Waals surface area contributed by atoms with Crippen LogP contribution in [0.1, 0.15) is 12.5 Å². The van der Waals surface area contributed by atoms with Gasteiger partial charge in [0.25, 0.3) is 5.91 Å². The smallest absolute Gasteiger partial charge is 0.252 e. The average Bonchev–Trinajstić information content (AvgIpc) is 3.07. The zero-order valence-corrected chi connectivity index (χ0v) is 11.6. The summed E-state index contributed by atoms with van der Waals surface area (Å²) >= 11 is 6.69. The molecule has 1 atom stereocenters. The first-order valence-electron chi connectivity index (χ1n) is 5.61. The van der Waals surface area contributed by atoms with Crippen LogP contribution < -0.4 is 0 Å². The van der Waals surface area contributed by atoms with E-state index in [1.54, 1.807) is 4.57 Å². The Bertz CT molecular complexity index is 701. The van der Waals surface area contributed by atoms with Gasteiger partial charge in [-0.25, -0.2) is 0 Å². The Balaban J connectivity index is 2.12. The summed E-state index contributed by atoms with van der Waals surface area (Å²) in [5, 5.41) is 8.78. The molecule has 0 radical (unpaired) electrons. The molecule has 2 aromatic rings. The van der Waals surface area contributed by atoms with E-state index in [1.165, 1.54) is 18.4 Å². The molecular formula is C11H10N4O2S2. The third-order valence-electron chi connectivity index (χ3n) is 3.12. The number of nitrogens with zero attached hydrogens (tertiary/aromatic N) is 3. The molecule has 2 aromatic heterocycles. The molecular weight excluding hydrogens is 284 g/mol. The zero-order valence-electron chi connectivity index (χ0n) is 9.99. The summed E-state index contributed by atoms with van der Waals surface area (Å²) in [5.41, 5.74) is 0. The normalized spacial score (nSPS) is 19.4. The van der Waals surface area contributed by atoms with Crippen LogP contribution in [-0.4, -0.2) is 38.5 Å². The summed E-state index contributed by atoms with van der Waals surface area (Å²) in [6.07, 6.45) is 0.127. The van der Waals surface area contributed by atoms with Crippen molar-refractivity contribution in [2.24, 2.45) is 0 Å². The Morgan fingerprint density at radius 2 is 2.32 bits per heavy atom. The molecule has 0 bridgehead atoms. The fourth-order valence-corrected chi connectivity index (χ4v) is 3.08. The molecule has 1 saturated heterocycles. The number of hydrogen-bond donors (Lipinski definition) is 1. The van der Waals surface area contributed by atoms with Crippen molar-refractivity contribution in [1.82, 2.24) is 19.7 Å². The molecule has 3 rings (SSSR count).